The van der Waals surface area contributed by atoms with Crippen LogP contribution in [-0.2, 0) is 13.1 Å². The van der Waals surface area contributed by atoms with Gasteiger partial charge < -0.3 is 4.98 Å². The van der Waals surface area contributed by atoms with Crippen molar-refractivity contribution in [2.45, 2.75) is 26.9 Å². The average molecular weight is 373 g/mol. The molecule has 5 heteroatoms. The molecule has 0 atom stereocenters. The van der Waals surface area contributed by atoms with Crippen molar-refractivity contribution >= 4 is 22.5 Å². The zero-order valence-corrected chi connectivity index (χ0v) is 15.7. The van der Waals surface area contributed by atoms with E-state index < -0.39 is 5.82 Å². The van der Waals surface area contributed by atoms with Crippen molar-refractivity contribution in [3.63, 3.8) is 0 Å². The Morgan fingerprint density at radius 1 is 1.08 bits per heavy atom. The number of benzene rings is 2. The number of nitrogens with one attached hydrogen (secondary N) is 1. The second-order valence-corrected chi connectivity index (χ2v) is 7.48. The van der Waals surface area contributed by atoms with E-state index >= 15 is 0 Å². The first kappa shape index (κ1) is 18.6. The molecule has 1 heterocycles. The molecule has 0 bridgehead atoms. The minimum absolute atomic E-state index is 0.163. The maximum Gasteiger partial charge on any atom is 0.189 e. The zero-order chi connectivity index (χ0) is 18.7. The van der Waals surface area contributed by atoms with Gasteiger partial charge in [0, 0.05) is 47.3 Å². The van der Waals surface area contributed by atoms with E-state index in [0.717, 1.165) is 23.8 Å². The number of pyridine rings is 1. The third-order valence-electron chi connectivity index (χ3n) is 4.18. The van der Waals surface area contributed by atoms with E-state index in [-0.39, 0.29) is 5.43 Å². The molecule has 0 fully saturated rings. The summed E-state index contributed by atoms with van der Waals surface area (Å²) in [6.45, 7) is 6.61. The highest BCUT2D eigenvalue weighted by molar-refractivity contribution is 6.30. The zero-order valence-electron chi connectivity index (χ0n) is 14.9. The molecule has 1 aromatic heterocycles. The Balaban J connectivity index is 1.86. The number of nitrogens with zero attached hydrogens (tertiary/aromatic N) is 1. The largest absolute Gasteiger partial charge is 0.357 e. The molecule has 1 N–H and O–H groups in total. The summed E-state index contributed by atoms with van der Waals surface area (Å²) in [7, 11) is 0. The van der Waals surface area contributed by atoms with Gasteiger partial charge in [-0.1, -0.05) is 37.6 Å². The number of hydrogen-bond acceptors (Lipinski definition) is 2. The Morgan fingerprint density at radius 2 is 1.81 bits per heavy atom. The van der Waals surface area contributed by atoms with E-state index in [1.54, 1.807) is 12.1 Å². The van der Waals surface area contributed by atoms with Gasteiger partial charge in [-0.3, -0.25) is 9.69 Å². The fourth-order valence-corrected chi connectivity index (χ4v) is 3.28. The van der Waals surface area contributed by atoms with Gasteiger partial charge in [-0.15, -0.1) is 0 Å². The number of aromatic amines is 1. The van der Waals surface area contributed by atoms with Crippen LogP contribution in [0.1, 0.15) is 25.1 Å². The first-order valence-electron chi connectivity index (χ1n) is 8.69. The maximum absolute atomic E-state index is 13.4. The molecule has 0 unspecified atom stereocenters. The molecule has 0 radical (unpaired) electrons. The summed E-state index contributed by atoms with van der Waals surface area (Å²) in [6.07, 6.45) is 0. The lowest BCUT2D eigenvalue weighted by atomic mass is 10.1. The summed E-state index contributed by atoms with van der Waals surface area (Å²) in [5.41, 5.74) is 2.48. The van der Waals surface area contributed by atoms with Gasteiger partial charge in [0.15, 0.2) is 5.43 Å². The summed E-state index contributed by atoms with van der Waals surface area (Å²) in [6, 6.07) is 13.6. The highest BCUT2D eigenvalue weighted by Gasteiger charge is 2.12. The Morgan fingerprint density at radius 3 is 2.50 bits per heavy atom. The quantitative estimate of drug-likeness (QED) is 0.662. The summed E-state index contributed by atoms with van der Waals surface area (Å²) in [4.78, 5) is 17.9. The lowest BCUT2D eigenvalue weighted by molar-refractivity contribution is 0.225. The monoisotopic (exact) mass is 372 g/mol. The van der Waals surface area contributed by atoms with Crippen LogP contribution in [-0.4, -0.2) is 16.4 Å². The number of H-pyrrole nitrogens is 1. The molecule has 3 nitrogen and oxygen atoms in total. The lowest BCUT2D eigenvalue weighted by Gasteiger charge is -2.24. The normalized spacial score (nSPS) is 11.6. The fourth-order valence-electron chi connectivity index (χ4n) is 3.15. The van der Waals surface area contributed by atoms with Gasteiger partial charge in [-0.2, -0.15) is 0 Å². The first-order chi connectivity index (χ1) is 12.4. The second-order valence-electron chi connectivity index (χ2n) is 7.04. The SMILES string of the molecule is CC(C)CN(Cc1ccc(Cl)cc1)Cc1cc(=O)c2cc(F)ccc2[nH]1. The van der Waals surface area contributed by atoms with Crippen molar-refractivity contribution < 1.29 is 4.39 Å². The Labute approximate surface area is 157 Å². The average Bonchev–Trinajstić information content (AvgIpc) is 2.57. The van der Waals surface area contributed by atoms with Crippen LogP contribution in [0.3, 0.4) is 0 Å². The van der Waals surface area contributed by atoms with Crippen molar-refractivity contribution in [3.8, 4) is 0 Å². The Kier molecular flexibility index (Phi) is 5.74. The second kappa shape index (κ2) is 8.02. The van der Waals surface area contributed by atoms with Gasteiger partial charge >= 0.3 is 0 Å². The van der Waals surface area contributed by atoms with Crippen LogP contribution >= 0.6 is 11.6 Å². The fraction of sp³-hybridized carbons (Fsp3) is 0.286. The van der Waals surface area contributed by atoms with Crippen LogP contribution in [0.2, 0.25) is 5.02 Å². The van der Waals surface area contributed by atoms with Crippen molar-refractivity contribution in [1.82, 2.24) is 9.88 Å². The minimum Gasteiger partial charge on any atom is -0.357 e. The van der Waals surface area contributed by atoms with Crippen LogP contribution in [0.25, 0.3) is 10.9 Å². The molecule has 26 heavy (non-hydrogen) atoms. The highest BCUT2D eigenvalue weighted by Crippen LogP contribution is 2.16. The molecule has 3 aromatic rings. The number of fused-ring (bicyclic) bond motifs is 1. The van der Waals surface area contributed by atoms with Crippen molar-refractivity contribution in [2.75, 3.05) is 6.54 Å². The predicted octanol–water partition coefficient (Wildman–Crippen LogP) is 4.98. The standard InChI is InChI=1S/C21H22ClFN2O/c1-14(2)11-25(12-15-3-5-16(22)6-4-15)13-18-10-21(26)19-9-17(23)7-8-20(19)24-18/h3-10,14H,11-13H2,1-2H3,(H,24,26). The van der Waals surface area contributed by atoms with Crippen LogP contribution in [0, 0.1) is 11.7 Å². The number of rotatable bonds is 6. The van der Waals surface area contributed by atoms with E-state index in [4.69, 9.17) is 11.6 Å². The van der Waals surface area contributed by atoms with Crippen LogP contribution in [0.5, 0.6) is 0 Å². The molecule has 0 saturated carbocycles. The third kappa shape index (κ3) is 4.71. The number of hydrogen-bond donors (Lipinski definition) is 1. The van der Waals surface area contributed by atoms with Crippen molar-refractivity contribution in [2.24, 2.45) is 5.92 Å². The third-order valence-corrected chi connectivity index (χ3v) is 4.44. The predicted molar refractivity (Wildman–Crippen MR) is 105 cm³/mol. The van der Waals surface area contributed by atoms with Crippen LogP contribution in [0.4, 0.5) is 4.39 Å². The van der Waals surface area contributed by atoms with Gasteiger partial charge in [0.1, 0.15) is 5.82 Å². The molecule has 3 rings (SSSR count). The molecule has 0 aliphatic rings. The smallest absolute Gasteiger partial charge is 0.189 e. The molecule has 0 aliphatic carbocycles. The van der Waals surface area contributed by atoms with Gasteiger partial charge in [0.05, 0.1) is 0 Å². The van der Waals surface area contributed by atoms with Crippen molar-refractivity contribution in [3.05, 3.63) is 80.9 Å². The molecule has 136 valence electrons. The van der Waals surface area contributed by atoms with E-state index in [0.29, 0.717) is 23.4 Å². The molecule has 0 amide bonds. The Hall–Kier alpha value is -2.17. The minimum atomic E-state index is -0.403. The van der Waals surface area contributed by atoms with Gasteiger partial charge in [0.2, 0.25) is 0 Å². The molecule has 0 saturated heterocycles. The molecule has 2 aromatic carbocycles. The van der Waals surface area contributed by atoms with Crippen LogP contribution in [0.15, 0.2) is 53.3 Å². The van der Waals surface area contributed by atoms with E-state index in [9.17, 15) is 9.18 Å². The summed E-state index contributed by atoms with van der Waals surface area (Å²) < 4.78 is 13.4. The number of aromatic nitrogens is 1. The lowest BCUT2D eigenvalue weighted by Crippen LogP contribution is -2.28. The topological polar surface area (TPSA) is 36.1 Å². The van der Waals surface area contributed by atoms with E-state index in [1.165, 1.54) is 17.7 Å². The van der Waals surface area contributed by atoms with Gasteiger partial charge in [0.25, 0.3) is 0 Å². The molecule has 0 spiro atoms. The van der Waals surface area contributed by atoms with E-state index in [2.05, 4.69) is 23.7 Å². The summed E-state index contributed by atoms with van der Waals surface area (Å²) in [5.74, 6) is 0.0866. The van der Waals surface area contributed by atoms with Crippen molar-refractivity contribution in [1.29, 1.82) is 0 Å². The van der Waals surface area contributed by atoms with Crippen LogP contribution < -0.4 is 5.43 Å². The van der Waals surface area contributed by atoms with E-state index in [1.807, 2.05) is 24.3 Å². The number of halogens is 2. The first-order valence-corrected chi connectivity index (χ1v) is 9.07. The van der Waals surface area contributed by atoms with Gasteiger partial charge in [-0.25, -0.2) is 4.39 Å². The summed E-state index contributed by atoms with van der Waals surface area (Å²) in [5, 5.41) is 1.09. The molecule has 0 aliphatic heterocycles. The summed E-state index contributed by atoms with van der Waals surface area (Å²) >= 11 is 5.97. The Bertz CT molecular complexity index is 950. The highest BCUT2D eigenvalue weighted by atomic mass is 35.5. The molecular weight excluding hydrogens is 351 g/mol. The maximum atomic E-state index is 13.4. The molecular formula is C21H22ClFN2O. The van der Waals surface area contributed by atoms with Gasteiger partial charge in [-0.05, 0) is 41.8 Å².